The lowest BCUT2D eigenvalue weighted by atomic mass is 10.1. The highest BCUT2D eigenvalue weighted by Gasteiger charge is 2.23. The second kappa shape index (κ2) is 4.94. The van der Waals surface area contributed by atoms with Crippen molar-refractivity contribution < 1.29 is 0 Å². The molecule has 1 aromatic heterocycles. The summed E-state index contributed by atoms with van der Waals surface area (Å²) in [5.41, 5.74) is 2.11. The second-order valence-corrected chi connectivity index (χ2v) is 5.82. The van der Waals surface area contributed by atoms with Crippen LogP contribution < -0.4 is 15.8 Å². The van der Waals surface area contributed by atoms with E-state index >= 15 is 0 Å². The molecule has 0 amide bonds. The van der Waals surface area contributed by atoms with Crippen LogP contribution in [0.2, 0.25) is 0 Å². The maximum atomic E-state index is 12.2. The predicted molar refractivity (Wildman–Crippen MR) is 83.5 cm³/mol. The molecule has 2 atom stereocenters. The number of fused-ring (bicyclic) bond motifs is 1. The summed E-state index contributed by atoms with van der Waals surface area (Å²) in [6.45, 7) is 6.24. The van der Waals surface area contributed by atoms with Crippen LogP contribution in [0.25, 0.3) is 10.9 Å². The number of anilines is 1. The van der Waals surface area contributed by atoms with Crippen LogP contribution in [0, 0.1) is 0 Å². The van der Waals surface area contributed by atoms with Crippen molar-refractivity contribution in [3.63, 3.8) is 0 Å². The molecule has 0 bridgehead atoms. The highest BCUT2D eigenvalue weighted by atomic mass is 16.1. The summed E-state index contributed by atoms with van der Waals surface area (Å²) < 4.78 is 1.72. The summed E-state index contributed by atoms with van der Waals surface area (Å²) in [6, 6.07) is 10.8. The van der Waals surface area contributed by atoms with Gasteiger partial charge in [-0.25, -0.2) is 0 Å². The molecule has 3 rings (SSSR count). The van der Waals surface area contributed by atoms with Crippen LogP contribution in [0.4, 0.5) is 5.69 Å². The van der Waals surface area contributed by atoms with Gasteiger partial charge in [-0.2, -0.15) is 0 Å². The highest BCUT2D eigenvalue weighted by Crippen LogP contribution is 2.26. The maximum absolute atomic E-state index is 12.2. The number of piperazine rings is 1. The standard InChI is InChI=1S/C16H21N3O/c1-11-9-19(10-12(2)17-11)15-8-16(20)18(3)14-7-5-4-6-13(14)15/h4-8,11-12,17H,9-10H2,1-3H3. The van der Waals surface area contributed by atoms with Crippen molar-refractivity contribution in [2.75, 3.05) is 18.0 Å². The van der Waals surface area contributed by atoms with Gasteiger partial charge in [-0.3, -0.25) is 4.79 Å². The summed E-state index contributed by atoms with van der Waals surface area (Å²) in [6.07, 6.45) is 0. The fraction of sp³-hybridized carbons (Fsp3) is 0.438. The van der Waals surface area contributed by atoms with Crippen molar-refractivity contribution in [3.05, 3.63) is 40.7 Å². The van der Waals surface area contributed by atoms with Gasteiger partial charge in [0, 0.05) is 43.7 Å². The van der Waals surface area contributed by atoms with E-state index in [0.717, 1.165) is 29.7 Å². The minimum atomic E-state index is 0.0533. The Morgan fingerprint density at radius 2 is 1.80 bits per heavy atom. The molecule has 0 aliphatic carbocycles. The van der Waals surface area contributed by atoms with Crippen LogP contribution in [0.15, 0.2) is 35.1 Å². The molecular weight excluding hydrogens is 250 g/mol. The lowest BCUT2D eigenvalue weighted by Gasteiger charge is -2.38. The Labute approximate surface area is 119 Å². The van der Waals surface area contributed by atoms with Crippen LogP contribution in [-0.2, 0) is 7.05 Å². The Bertz CT molecular complexity index is 682. The summed E-state index contributed by atoms with van der Waals surface area (Å²) in [5.74, 6) is 0. The van der Waals surface area contributed by atoms with Crippen LogP contribution in [0.5, 0.6) is 0 Å². The molecular formula is C16H21N3O. The fourth-order valence-corrected chi connectivity index (χ4v) is 3.18. The third-order valence-electron chi connectivity index (χ3n) is 4.03. The van der Waals surface area contributed by atoms with Gasteiger partial charge in [0.1, 0.15) is 0 Å². The Morgan fingerprint density at radius 1 is 1.15 bits per heavy atom. The van der Waals surface area contributed by atoms with E-state index in [9.17, 15) is 4.79 Å². The number of hydrogen-bond donors (Lipinski definition) is 1. The second-order valence-electron chi connectivity index (χ2n) is 5.82. The number of aromatic nitrogens is 1. The van der Waals surface area contributed by atoms with E-state index in [0.29, 0.717) is 12.1 Å². The quantitative estimate of drug-likeness (QED) is 0.858. The zero-order valence-electron chi connectivity index (χ0n) is 12.3. The fourth-order valence-electron chi connectivity index (χ4n) is 3.18. The molecule has 0 radical (unpaired) electrons. The van der Waals surface area contributed by atoms with E-state index < -0.39 is 0 Å². The first kappa shape index (κ1) is 13.2. The molecule has 106 valence electrons. The molecule has 0 spiro atoms. The largest absolute Gasteiger partial charge is 0.368 e. The summed E-state index contributed by atoms with van der Waals surface area (Å²) >= 11 is 0. The molecule has 1 N–H and O–H groups in total. The van der Waals surface area contributed by atoms with Gasteiger partial charge in [0.2, 0.25) is 0 Å². The van der Waals surface area contributed by atoms with Crippen molar-refractivity contribution in [2.45, 2.75) is 25.9 Å². The molecule has 1 saturated heterocycles. The maximum Gasteiger partial charge on any atom is 0.252 e. The molecule has 4 heteroatoms. The molecule has 20 heavy (non-hydrogen) atoms. The molecule has 2 heterocycles. The molecule has 4 nitrogen and oxygen atoms in total. The zero-order valence-corrected chi connectivity index (χ0v) is 12.3. The van der Waals surface area contributed by atoms with E-state index in [4.69, 9.17) is 0 Å². The zero-order chi connectivity index (χ0) is 14.3. The monoisotopic (exact) mass is 271 g/mol. The molecule has 1 aromatic carbocycles. The van der Waals surface area contributed by atoms with E-state index in [1.807, 2.05) is 25.2 Å². The number of rotatable bonds is 1. The minimum absolute atomic E-state index is 0.0533. The molecule has 1 fully saturated rings. The molecule has 0 saturated carbocycles. The highest BCUT2D eigenvalue weighted by molar-refractivity contribution is 5.92. The first-order valence-electron chi connectivity index (χ1n) is 7.16. The third kappa shape index (κ3) is 2.20. The summed E-state index contributed by atoms with van der Waals surface area (Å²) in [7, 11) is 1.83. The number of para-hydroxylation sites is 1. The Kier molecular flexibility index (Phi) is 3.26. The van der Waals surface area contributed by atoms with E-state index in [1.54, 1.807) is 10.6 Å². The van der Waals surface area contributed by atoms with Gasteiger partial charge in [0.05, 0.1) is 11.2 Å². The predicted octanol–water partition coefficient (Wildman–Crippen LogP) is 1.73. The van der Waals surface area contributed by atoms with Crippen LogP contribution in [-0.4, -0.2) is 29.7 Å². The normalized spacial score (nSPS) is 23.2. The number of nitrogens with zero attached hydrogens (tertiary/aromatic N) is 2. The van der Waals surface area contributed by atoms with Crippen molar-refractivity contribution in [3.8, 4) is 0 Å². The van der Waals surface area contributed by atoms with Gasteiger partial charge in [0.25, 0.3) is 5.56 Å². The van der Waals surface area contributed by atoms with Crippen LogP contribution >= 0.6 is 0 Å². The average Bonchev–Trinajstić information content (AvgIpc) is 2.42. The van der Waals surface area contributed by atoms with Crippen molar-refractivity contribution in [1.82, 2.24) is 9.88 Å². The van der Waals surface area contributed by atoms with Gasteiger partial charge in [-0.05, 0) is 19.9 Å². The first-order chi connectivity index (χ1) is 9.56. The number of benzene rings is 1. The van der Waals surface area contributed by atoms with Crippen LogP contribution in [0.3, 0.4) is 0 Å². The molecule has 2 aromatic rings. The van der Waals surface area contributed by atoms with Gasteiger partial charge >= 0.3 is 0 Å². The molecule has 1 aliphatic heterocycles. The van der Waals surface area contributed by atoms with E-state index in [1.165, 1.54) is 0 Å². The number of hydrogen-bond acceptors (Lipinski definition) is 3. The third-order valence-corrected chi connectivity index (χ3v) is 4.03. The minimum Gasteiger partial charge on any atom is -0.368 e. The summed E-state index contributed by atoms with van der Waals surface area (Å²) in [4.78, 5) is 14.5. The molecule has 1 aliphatic rings. The first-order valence-corrected chi connectivity index (χ1v) is 7.16. The van der Waals surface area contributed by atoms with E-state index in [-0.39, 0.29) is 5.56 Å². The Hall–Kier alpha value is -1.81. The van der Waals surface area contributed by atoms with Gasteiger partial charge in [-0.15, -0.1) is 0 Å². The summed E-state index contributed by atoms with van der Waals surface area (Å²) in [5, 5.41) is 4.68. The Morgan fingerprint density at radius 3 is 2.50 bits per heavy atom. The lowest BCUT2D eigenvalue weighted by molar-refractivity contribution is 0.407. The van der Waals surface area contributed by atoms with Gasteiger partial charge < -0.3 is 14.8 Å². The SMILES string of the molecule is CC1CN(c2cc(=O)n(C)c3ccccc23)CC(C)N1. The van der Waals surface area contributed by atoms with Crippen molar-refractivity contribution >= 4 is 16.6 Å². The van der Waals surface area contributed by atoms with E-state index in [2.05, 4.69) is 30.1 Å². The lowest BCUT2D eigenvalue weighted by Crippen LogP contribution is -2.54. The Balaban J connectivity index is 2.16. The number of pyridine rings is 1. The number of nitrogens with one attached hydrogen (secondary N) is 1. The van der Waals surface area contributed by atoms with Gasteiger partial charge in [-0.1, -0.05) is 18.2 Å². The smallest absolute Gasteiger partial charge is 0.252 e. The molecule has 2 unspecified atom stereocenters. The number of aryl methyl sites for hydroxylation is 1. The van der Waals surface area contributed by atoms with Crippen LogP contribution in [0.1, 0.15) is 13.8 Å². The van der Waals surface area contributed by atoms with Gasteiger partial charge in [0.15, 0.2) is 0 Å². The topological polar surface area (TPSA) is 37.3 Å². The van der Waals surface area contributed by atoms with Crippen molar-refractivity contribution in [1.29, 1.82) is 0 Å². The average molecular weight is 271 g/mol. The van der Waals surface area contributed by atoms with Crippen molar-refractivity contribution in [2.24, 2.45) is 7.05 Å².